The van der Waals surface area contributed by atoms with Crippen molar-refractivity contribution in [1.82, 2.24) is 9.38 Å². The van der Waals surface area contributed by atoms with E-state index in [2.05, 4.69) is 17.2 Å². The monoisotopic (exact) mass is 272 g/mol. The summed E-state index contributed by atoms with van der Waals surface area (Å²) >= 11 is 0. The molecule has 1 atom stereocenters. The van der Waals surface area contributed by atoms with Crippen LogP contribution >= 0.6 is 0 Å². The average Bonchev–Trinajstić information content (AvgIpc) is 3.23. The normalized spacial score (nSPS) is 22.2. The van der Waals surface area contributed by atoms with Gasteiger partial charge in [0.15, 0.2) is 0 Å². The number of rotatable bonds is 3. The van der Waals surface area contributed by atoms with E-state index in [1.54, 1.807) is 0 Å². The summed E-state index contributed by atoms with van der Waals surface area (Å²) in [6.45, 7) is 1.53. The summed E-state index contributed by atoms with van der Waals surface area (Å²) in [5, 5.41) is 10.9. The first-order valence-corrected chi connectivity index (χ1v) is 7.55. The molecular weight excluding hydrogens is 252 g/mol. The molecule has 3 heterocycles. The van der Waals surface area contributed by atoms with E-state index in [1.807, 2.05) is 16.9 Å². The summed E-state index contributed by atoms with van der Waals surface area (Å²) in [7, 11) is 0. The summed E-state index contributed by atoms with van der Waals surface area (Å²) in [5.74, 6) is 0.946. The first-order valence-electron chi connectivity index (χ1n) is 7.55. The molecule has 4 nitrogen and oxygen atoms in total. The highest BCUT2D eigenvalue weighted by molar-refractivity contribution is 5.59. The van der Waals surface area contributed by atoms with Crippen molar-refractivity contribution in [2.45, 2.75) is 37.7 Å². The SMILES string of the molecule is O[C@H](c1c(C2CC2)ccn2cncc12)C1CCOCC1. The Balaban J connectivity index is 1.79. The standard InChI is InChI=1S/C16H20N2O2/c19-16(12-4-7-20-8-5-12)15-13(11-1-2-11)3-6-18-10-17-9-14(15)18/h3,6,9-12,16,19H,1-2,4-5,7-8H2/t16-/m0/s1. The van der Waals surface area contributed by atoms with Crippen molar-refractivity contribution in [3.63, 3.8) is 0 Å². The Kier molecular flexibility index (Phi) is 3.00. The van der Waals surface area contributed by atoms with Crippen LogP contribution in [0.5, 0.6) is 0 Å². The molecule has 0 unspecified atom stereocenters. The van der Waals surface area contributed by atoms with Crippen molar-refractivity contribution in [3.8, 4) is 0 Å². The average molecular weight is 272 g/mol. The van der Waals surface area contributed by atoms with Crippen LogP contribution in [0.2, 0.25) is 0 Å². The minimum absolute atomic E-state index is 0.308. The Bertz CT molecular complexity index is 612. The largest absolute Gasteiger partial charge is 0.388 e. The van der Waals surface area contributed by atoms with Gasteiger partial charge in [0, 0.05) is 25.0 Å². The van der Waals surface area contributed by atoms with E-state index in [9.17, 15) is 5.11 Å². The van der Waals surface area contributed by atoms with Crippen LogP contribution in [0.15, 0.2) is 24.8 Å². The van der Waals surface area contributed by atoms with Gasteiger partial charge in [-0.15, -0.1) is 0 Å². The number of imidazole rings is 1. The molecule has 0 radical (unpaired) electrons. The molecule has 0 bridgehead atoms. The predicted molar refractivity (Wildman–Crippen MR) is 75.7 cm³/mol. The van der Waals surface area contributed by atoms with E-state index in [1.165, 1.54) is 18.4 Å². The number of pyridine rings is 1. The van der Waals surface area contributed by atoms with Crippen LogP contribution in [-0.2, 0) is 4.74 Å². The van der Waals surface area contributed by atoms with Crippen molar-refractivity contribution in [2.24, 2.45) is 5.92 Å². The highest BCUT2D eigenvalue weighted by Crippen LogP contribution is 2.45. The summed E-state index contributed by atoms with van der Waals surface area (Å²) in [4.78, 5) is 4.24. The number of hydrogen-bond acceptors (Lipinski definition) is 3. The number of aliphatic hydroxyl groups is 1. The van der Waals surface area contributed by atoms with Gasteiger partial charge in [-0.3, -0.25) is 0 Å². The molecule has 106 valence electrons. The maximum atomic E-state index is 10.9. The molecular formula is C16H20N2O2. The third kappa shape index (κ3) is 2.03. The third-order valence-corrected chi connectivity index (χ3v) is 4.69. The maximum Gasteiger partial charge on any atom is 0.0992 e. The molecule has 1 aliphatic carbocycles. The zero-order valence-electron chi connectivity index (χ0n) is 11.5. The first-order chi connectivity index (χ1) is 9.84. The van der Waals surface area contributed by atoms with Crippen LogP contribution in [0.4, 0.5) is 0 Å². The topological polar surface area (TPSA) is 46.8 Å². The van der Waals surface area contributed by atoms with E-state index in [0.29, 0.717) is 11.8 Å². The molecule has 2 aromatic rings. The van der Waals surface area contributed by atoms with Crippen LogP contribution in [-0.4, -0.2) is 27.7 Å². The lowest BCUT2D eigenvalue weighted by Crippen LogP contribution is -2.23. The van der Waals surface area contributed by atoms with E-state index < -0.39 is 6.10 Å². The van der Waals surface area contributed by atoms with Crippen LogP contribution in [0.3, 0.4) is 0 Å². The minimum Gasteiger partial charge on any atom is -0.388 e. The Morgan fingerprint density at radius 1 is 1.25 bits per heavy atom. The predicted octanol–water partition coefficient (Wildman–Crippen LogP) is 2.67. The molecule has 1 saturated heterocycles. The second-order valence-corrected chi connectivity index (χ2v) is 6.04. The Labute approximate surface area is 118 Å². The second kappa shape index (κ2) is 4.86. The van der Waals surface area contributed by atoms with Gasteiger partial charge < -0.3 is 14.2 Å². The van der Waals surface area contributed by atoms with Crippen LogP contribution in [0.25, 0.3) is 5.52 Å². The molecule has 2 aliphatic rings. The van der Waals surface area contributed by atoms with Gasteiger partial charge in [-0.2, -0.15) is 0 Å². The molecule has 2 fully saturated rings. The third-order valence-electron chi connectivity index (χ3n) is 4.69. The Hall–Kier alpha value is -1.39. The summed E-state index contributed by atoms with van der Waals surface area (Å²) < 4.78 is 7.44. The molecule has 0 amide bonds. The molecule has 0 spiro atoms. The van der Waals surface area contributed by atoms with Gasteiger partial charge >= 0.3 is 0 Å². The first kappa shape index (κ1) is 12.4. The zero-order chi connectivity index (χ0) is 13.5. The quantitative estimate of drug-likeness (QED) is 0.934. The number of aromatic nitrogens is 2. The van der Waals surface area contributed by atoms with Gasteiger partial charge in [0.25, 0.3) is 0 Å². The fourth-order valence-corrected chi connectivity index (χ4v) is 3.37. The molecule has 0 aromatic carbocycles. The number of nitrogens with zero attached hydrogens (tertiary/aromatic N) is 2. The van der Waals surface area contributed by atoms with Gasteiger partial charge in [0.2, 0.25) is 0 Å². The van der Waals surface area contributed by atoms with E-state index in [-0.39, 0.29) is 0 Å². The van der Waals surface area contributed by atoms with Crippen LogP contribution in [0, 0.1) is 5.92 Å². The van der Waals surface area contributed by atoms with Crippen molar-refractivity contribution >= 4 is 5.52 Å². The lowest BCUT2D eigenvalue weighted by Gasteiger charge is -2.28. The van der Waals surface area contributed by atoms with Gasteiger partial charge in [0.05, 0.1) is 24.1 Å². The smallest absolute Gasteiger partial charge is 0.0992 e. The van der Waals surface area contributed by atoms with Crippen LogP contribution < -0.4 is 0 Å². The minimum atomic E-state index is -0.394. The molecule has 1 saturated carbocycles. The maximum absolute atomic E-state index is 10.9. The van der Waals surface area contributed by atoms with E-state index in [4.69, 9.17) is 4.74 Å². The number of aliphatic hydroxyl groups excluding tert-OH is 1. The molecule has 1 N–H and O–H groups in total. The van der Waals surface area contributed by atoms with E-state index >= 15 is 0 Å². The summed E-state index contributed by atoms with van der Waals surface area (Å²) in [5.41, 5.74) is 3.50. The number of fused-ring (bicyclic) bond motifs is 1. The molecule has 2 aromatic heterocycles. The Morgan fingerprint density at radius 2 is 2.05 bits per heavy atom. The van der Waals surface area contributed by atoms with Gasteiger partial charge in [-0.25, -0.2) is 4.98 Å². The van der Waals surface area contributed by atoms with Crippen molar-refractivity contribution in [2.75, 3.05) is 13.2 Å². The lowest BCUT2D eigenvalue weighted by molar-refractivity contribution is 0.00729. The number of ether oxygens (including phenoxy) is 1. The van der Waals surface area contributed by atoms with Crippen molar-refractivity contribution in [3.05, 3.63) is 35.9 Å². The van der Waals surface area contributed by atoms with Crippen LogP contribution in [0.1, 0.15) is 48.8 Å². The zero-order valence-corrected chi connectivity index (χ0v) is 11.5. The molecule has 1 aliphatic heterocycles. The summed E-state index contributed by atoms with van der Waals surface area (Å²) in [6, 6.07) is 2.17. The summed E-state index contributed by atoms with van der Waals surface area (Å²) in [6.07, 6.45) is 9.75. The van der Waals surface area contributed by atoms with Gasteiger partial charge in [-0.1, -0.05) is 0 Å². The molecule has 4 rings (SSSR count). The van der Waals surface area contributed by atoms with Gasteiger partial charge in [-0.05, 0) is 49.1 Å². The Morgan fingerprint density at radius 3 is 2.80 bits per heavy atom. The number of hydrogen-bond donors (Lipinski definition) is 1. The highest BCUT2D eigenvalue weighted by atomic mass is 16.5. The van der Waals surface area contributed by atoms with Crippen molar-refractivity contribution < 1.29 is 9.84 Å². The fraction of sp³-hybridized carbons (Fsp3) is 0.562. The molecule has 20 heavy (non-hydrogen) atoms. The highest BCUT2D eigenvalue weighted by Gasteiger charge is 2.32. The van der Waals surface area contributed by atoms with Crippen molar-refractivity contribution in [1.29, 1.82) is 0 Å². The van der Waals surface area contributed by atoms with E-state index in [0.717, 1.165) is 37.1 Å². The molecule has 4 heteroatoms. The van der Waals surface area contributed by atoms with Gasteiger partial charge in [0.1, 0.15) is 0 Å². The second-order valence-electron chi connectivity index (χ2n) is 6.04. The lowest BCUT2D eigenvalue weighted by atomic mass is 9.86. The fourth-order valence-electron chi connectivity index (χ4n) is 3.37.